The quantitative estimate of drug-likeness (QED) is 0.0819. The first kappa shape index (κ1) is 67.8. The molecule has 8 rings (SSSR count). The zero-order valence-electron chi connectivity index (χ0n) is 50.8. The van der Waals surface area contributed by atoms with Gasteiger partial charge in [0, 0.05) is 104 Å². The van der Waals surface area contributed by atoms with Gasteiger partial charge < -0.3 is 45.6 Å². The van der Waals surface area contributed by atoms with Crippen molar-refractivity contribution >= 4 is 64.9 Å². The number of nitrogens with one attached hydrogen (secondary N) is 4. The van der Waals surface area contributed by atoms with Crippen molar-refractivity contribution in [2.45, 2.75) is 188 Å². The highest BCUT2D eigenvalue weighted by molar-refractivity contribution is 5.98. The molecule has 10 atom stereocenters. The van der Waals surface area contributed by atoms with Gasteiger partial charge in [-0.15, -0.1) is 0 Å². The summed E-state index contributed by atoms with van der Waals surface area (Å²) in [5, 5.41) is 21.8. The second-order valence-corrected chi connectivity index (χ2v) is 24.1. The molecule has 2 saturated carbocycles. The summed E-state index contributed by atoms with van der Waals surface area (Å²) in [4.78, 5) is 140. The van der Waals surface area contributed by atoms with Crippen LogP contribution in [0.5, 0.6) is 0 Å². The minimum Gasteiger partial charge on any atom is -0.461 e. The SMILES string of the molecule is CC(=O)OC(C)=O.CC(=O)O[C@@H]1C[C@H]2C(=O)C[C@]3(C(=O)NCCC(=O)NCc4ccccc4)C[C@H]3/C=C\CCCCC[C@H](C)C(=O)N2C1.C[C@H]1CCCCC/C=C\[C@@H]2C[C@@]2(C(=O)NCCC(=O)NCc2ccccc2)CC(=O)[C@@H]2C[C@@H](O)CN2C1=O. The van der Waals surface area contributed by atoms with Crippen molar-refractivity contribution in [2.75, 3.05) is 26.2 Å². The van der Waals surface area contributed by atoms with Crippen molar-refractivity contribution in [2.24, 2.45) is 34.5 Å². The Morgan fingerprint density at radius 2 is 0.988 bits per heavy atom. The lowest BCUT2D eigenvalue weighted by Gasteiger charge is -2.27. The number of ether oxygens (including phenoxy) is 2. The zero-order chi connectivity index (χ0) is 62.4. The minimum absolute atomic E-state index is 0.00363. The lowest BCUT2D eigenvalue weighted by Crippen LogP contribution is -2.45. The number of allylic oxidation sites excluding steroid dienone is 4. The van der Waals surface area contributed by atoms with Crippen LogP contribution < -0.4 is 21.3 Å². The van der Waals surface area contributed by atoms with E-state index < -0.39 is 53.0 Å². The highest BCUT2D eigenvalue weighted by Gasteiger charge is 2.61. The maximum atomic E-state index is 13.8. The van der Waals surface area contributed by atoms with Crippen LogP contribution in [0, 0.1) is 34.5 Å². The standard InChI is InChI=1S/C32H43N3O6.C30H41N3O5.C4H6O3/c1-22-11-7-4-3-5-10-14-25-18-32(25,19-28(37)27-17-26(41-23(2)36)21-35(27)30(22)39)31(40)33-16-15-29(38)34-20-24-12-8-6-9-13-24;1-21-10-6-3-2-4-9-13-23-17-30(23,18-26(35)25-16-24(34)20-33(25)28(21)37)29(38)31-15-14-27(36)32-19-22-11-7-5-8-12-22;1-3(5)7-4(2)6/h6,8-10,12-14,22,25-27H,3-5,7,11,15-21H2,1-2H3,(H,33,40)(H,34,38);5,7-9,11-13,21,23-25,34H,2-4,6,10,14-20H2,1H3,(H,31,38)(H,32,36);1-2H3/b14-10-;13-9-;/t22-,25+,26+,27-,32+;21-,23+,24+,25-,30+;/m00./s1. The topological polar surface area (TPSA) is 281 Å². The summed E-state index contributed by atoms with van der Waals surface area (Å²) < 4.78 is 9.38. The maximum Gasteiger partial charge on any atom is 0.310 e. The van der Waals surface area contributed by atoms with Crippen LogP contribution in [0.4, 0.5) is 0 Å². The Labute approximate surface area is 505 Å². The van der Waals surface area contributed by atoms with Crippen molar-refractivity contribution in [1.82, 2.24) is 31.1 Å². The van der Waals surface area contributed by atoms with Crippen LogP contribution in [0.25, 0.3) is 0 Å². The van der Waals surface area contributed by atoms with E-state index in [2.05, 4.69) is 50.3 Å². The first-order valence-electron chi connectivity index (χ1n) is 30.8. The second kappa shape index (κ2) is 33.0. The van der Waals surface area contributed by atoms with E-state index in [0.29, 0.717) is 25.9 Å². The monoisotopic (exact) mass is 1190 g/mol. The van der Waals surface area contributed by atoms with Crippen LogP contribution in [0.2, 0.25) is 0 Å². The molecule has 2 aliphatic carbocycles. The maximum absolute atomic E-state index is 13.8. The number of benzene rings is 2. The van der Waals surface area contributed by atoms with Crippen LogP contribution in [-0.4, -0.2) is 130 Å². The van der Waals surface area contributed by atoms with E-state index in [4.69, 9.17) is 4.74 Å². The molecular formula is C66H90N6O14. The summed E-state index contributed by atoms with van der Waals surface area (Å²) in [6.07, 6.45) is 18.2. The van der Waals surface area contributed by atoms with Crippen molar-refractivity contribution in [3.8, 4) is 0 Å². The fourth-order valence-corrected chi connectivity index (χ4v) is 12.2. The number of hydrogen-bond donors (Lipinski definition) is 5. The van der Waals surface area contributed by atoms with Crippen LogP contribution in [0.15, 0.2) is 85.0 Å². The number of rotatable bonds is 13. The number of Topliss-reactive ketones (excluding diaryl/α,β-unsaturated/α-hetero) is 2. The molecule has 0 aromatic heterocycles. The van der Waals surface area contributed by atoms with Gasteiger partial charge in [-0.3, -0.25) is 52.7 Å². The number of carbonyl (C=O) groups excluding carboxylic acids is 11. The fraction of sp³-hybridized carbons (Fsp3) is 0.591. The molecule has 2 aromatic carbocycles. The van der Waals surface area contributed by atoms with E-state index >= 15 is 0 Å². The third-order valence-corrected chi connectivity index (χ3v) is 17.2. The van der Waals surface area contributed by atoms with Gasteiger partial charge in [-0.05, 0) is 74.3 Å². The molecule has 86 heavy (non-hydrogen) atoms. The molecule has 2 saturated heterocycles. The van der Waals surface area contributed by atoms with Crippen LogP contribution in [0.3, 0.4) is 0 Å². The number of ketones is 2. The lowest BCUT2D eigenvalue weighted by atomic mass is 9.90. The van der Waals surface area contributed by atoms with E-state index in [9.17, 15) is 57.8 Å². The Kier molecular flexibility index (Phi) is 26.0. The summed E-state index contributed by atoms with van der Waals surface area (Å²) in [7, 11) is 0. The Hall–Kier alpha value is -7.35. The number of aliphatic hydroxyl groups is 1. The van der Waals surface area contributed by atoms with Gasteiger partial charge >= 0.3 is 17.9 Å². The Bertz CT molecular complexity index is 2760. The normalized spacial score (nSPS) is 28.2. The minimum atomic E-state index is -0.895. The first-order chi connectivity index (χ1) is 41.1. The summed E-state index contributed by atoms with van der Waals surface area (Å²) in [5.41, 5.74) is 0.246. The highest BCUT2D eigenvalue weighted by Crippen LogP contribution is 2.58. The summed E-state index contributed by atoms with van der Waals surface area (Å²) in [6.45, 7) is 9.05. The van der Waals surface area contributed by atoms with Gasteiger partial charge in [-0.25, -0.2) is 0 Å². The predicted octanol–water partition coefficient (Wildman–Crippen LogP) is 6.45. The van der Waals surface area contributed by atoms with E-state index in [1.54, 1.807) is 9.80 Å². The fourth-order valence-electron chi connectivity index (χ4n) is 12.2. The van der Waals surface area contributed by atoms with Crippen LogP contribution >= 0.6 is 0 Å². The first-order valence-corrected chi connectivity index (χ1v) is 30.8. The average molecular weight is 1190 g/mol. The number of hydrogen-bond acceptors (Lipinski definition) is 14. The molecule has 4 heterocycles. The smallest absolute Gasteiger partial charge is 0.310 e. The van der Waals surface area contributed by atoms with E-state index in [-0.39, 0.29) is 135 Å². The predicted molar refractivity (Wildman–Crippen MR) is 319 cm³/mol. The van der Waals surface area contributed by atoms with Crippen LogP contribution in [-0.2, 0) is 75.3 Å². The number of esters is 3. The second-order valence-electron chi connectivity index (χ2n) is 24.1. The molecule has 20 nitrogen and oxygen atoms in total. The number of fused-ring (bicyclic) bond motifs is 4. The van der Waals surface area contributed by atoms with Gasteiger partial charge in [-0.2, -0.15) is 0 Å². The van der Waals surface area contributed by atoms with E-state index in [1.807, 2.05) is 74.5 Å². The van der Waals surface area contributed by atoms with Crippen LogP contribution in [0.1, 0.15) is 161 Å². The summed E-state index contributed by atoms with van der Waals surface area (Å²) in [5.74, 6) is -3.41. The number of aliphatic hydroxyl groups excluding tert-OH is 1. The molecule has 4 fully saturated rings. The van der Waals surface area contributed by atoms with E-state index in [1.165, 1.54) is 20.8 Å². The van der Waals surface area contributed by atoms with Gasteiger partial charge in [0.15, 0.2) is 11.6 Å². The highest BCUT2D eigenvalue weighted by atomic mass is 16.6. The van der Waals surface area contributed by atoms with Crippen molar-refractivity contribution in [1.29, 1.82) is 0 Å². The molecule has 6 aliphatic rings. The molecule has 20 heteroatoms. The molecule has 5 N–H and O–H groups in total. The molecule has 0 radical (unpaired) electrons. The Balaban J connectivity index is 0.000000248. The van der Waals surface area contributed by atoms with Gasteiger partial charge in [-0.1, -0.05) is 124 Å². The molecule has 468 valence electrons. The largest absolute Gasteiger partial charge is 0.461 e. The van der Waals surface area contributed by atoms with Crippen molar-refractivity contribution in [3.63, 3.8) is 0 Å². The van der Waals surface area contributed by atoms with Gasteiger partial charge in [0.1, 0.15) is 6.10 Å². The van der Waals surface area contributed by atoms with Gasteiger partial charge in [0.05, 0.1) is 35.6 Å². The van der Waals surface area contributed by atoms with Gasteiger partial charge in [0.2, 0.25) is 35.4 Å². The van der Waals surface area contributed by atoms with E-state index in [0.717, 1.165) is 75.3 Å². The van der Waals surface area contributed by atoms with Gasteiger partial charge in [0.25, 0.3) is 0 Å². The summed E-state index contributed by atoms with van der Waals surface area (Å²) in [6, 6.07) is 17.8. The Morgan fingerprint density at radius 3 is 1.41 bits per heavy atom. The lowest BCUT2D eigenvalue weighted by molar-refractivity contribution is -0.156. The number of carbonyl (C=O) groups is 11. The third kappa shape index (κ3) is 20.4. The number of amides is 6. The molecular weight excluding hydrogens is 1100 g/mol. The average Bonchev–Trinajstić information content (AvgIpc) is 1.64. The summed E-state index contributed by atoms with van der Waals surface area (Å²) >= 11 is 0. The molecule has 0 unspecified atom stereocenters. The molecule has 6 amide bonds. The molecule has 4 aliphatic heterocycles. The zero-order valence-corrected chi connectivity index (χ0v) is 50.8. The number of nitrogens with zero attached hydrogens (tertiary/aromatic N) is 2. The third-order valence-electron chi connectivity index (χ3n) is 17.2. The van der Waals surface area contributed by atoms with Crippen molar-refractivity contribution < 1.29 is 67.3 Å². The van der Waals surface area contributed by atoms with Crippen molar-refractivity contribution in [3.05, 3.63) is 96.1 Å². The Morgan fingerprint density at radius 1 is 0.558 bits per heavy atom. The molecule has 0 spiro atoms. The molecule has 0 bridgehead atoms. The molecule has 2 aromatic rings.